The van der Waals surface area contributed by atoms with Crippen LogP contribution in [0, 0.1) is 17.1 Å². The molecule has 1 amide bonds. The summed E-state index contributed by atoms with van der Waals surface area (Å²) in [4.78, 5) is 14.5. The van der Waals surface area contributed by atoms with E-state index < -0.39 is 18.0 Å². The summed E-state index contributed by atoms with van der Waals surface area (Å²) in [5.74, 6) is -0.277. The topological polar surface area (TPSA) is 86.0 Å². The van der Waals surface area contributed by atoms with Crippen molar-refractivity contribution < 1.29 is 23.8 Å². The highest BCUT2D eigenvalue weighted by Gasteiger charge is 2.36. The quantitative estimate of drug-likeness (QED) is 0.880. The normalized spacial score (nSPS) is 24.1. The number of amides is 1. The molecule has 8 heteroatoms. The Morgan fingerprint density at radius 3 is 2.92 bits per heavy atom. The Labute approximate surface area is 138 Å². The zero-order chi connectivity index (χ0) is 17.3. The molecule has 0 saturated carbocycles. The van der Waals surface area contributed by atoms with Gasteiger partial charge in [0.25, 0.3) is 0 Å². The van der Waals surface area contributed by atoms with Gasteiger partial charge < -0.3 is 19.5 Å². The second-order valence-corrected chi connectivity index (χ2v) is 5.89. The van der Waals surface area contributed by atoms with E-state index in [4.69, 9.17) is 19.8 Å². The number of methoxy groups -OCH3 is 1. The minimum absolute atomic E-state index is 0.0251. The van der Waals surface area contributed by atoms with E-state index in [0.717, 1.165) is 0 Å². The molecule has 1 aromatic rings. The lowest BCUT2D eigenvalue weighted by atomic mass is 10.0. The van der Waals surface area contributed by atoms with Crippen LogP contribution in [0.2, 0.25) is 0 Å². The summed E-state index contributed by atoms with van der Waals surface area (Å²) in [5.41, 5.74) is 0.585. The molecule has 1 N–H and O–H groups in total. The van der Waals surface area contributed by atoms with Crippen LogP contribution in [0.4, 0.5) is 9.18 Å². The van der Waals surface area contributed by atoms with E-state index in [9.17, 15) is 9.18 Å². The van der Waals surface area contributed by atoms with Gasteiger partial charge in [-0.15, -0.1) is 0 Å². The summed E-state index contributed by atoms with van der Waals surface area (Å²) in [7, 11) is 1.39. The van der Waals surface area contributed by atoms with E-state index in [1.165, 1.54) is 24.1 Å². The van der Waals surface area contributed by atoms with Crippen LogP contribution < -0.4 is 4.74 Å². The van der Waals surface area contributed by atoms with Crippen LogP contribution in [0.5, 0.6) is 5.75 Å². The second kappa shape index (κ2) is 6.63. The molecule has 0 unspecified atom stereocenters. The third kappa shape index (κ3) is 3.00. The fraction of sp³-hybridized carbons (Fsp3) is 0.500. The smallest absolute Gasteiger partial charge is 0.407 e. The van der Waals surface area contributed by atoms with Crippen molar-refractivity contribution in [1.82, 2.24) is 9.80 Å². The number of nitriles is 1. The largest absolute Gasteiger partial charge is 0.495 e. The number of piperazine rings is 1. The fourth-order valence-electron chi connectivity index (χ4n) is 3.22. The van der Waals surface area contributed by atoms with Gasteiger partial charge in [0, 0.05) is 37.8 Å². The van der Waals surface area contributed by atoms with Crippen molar-refractivity contribution >= 4 is 6.09 Å². The summed E-state index contributed by atoms with van der Waals surface area (Å²) in [6, 6.07) is 4.63. The molecule has 2 aliphatic heterocycles. The van der Waals surface area contributed by atoms with Crippen LogP contribution in [0.15, 0.2) is 12.1 Å². The van der Waals surface area contributed by atoms with Gasteiger partial charge in [0.15, 0.2) is 0 Å². The molecule has 0 aliphatic carbocycles. The molecule has 2 atom stereocenters. The van der Waals surface area contributed by atoms with E-state index >= 15 is 0 Å². The van der Waals surface area contributed by atoms with Gasteiger partial charge in [-0.3, -0.25) is 4.90 Å². The number of benzene rings is 1. The van der Waals surface area contributed by atoms with Gasteiger partial charge in [-0.1, -0.05) is 0 Å². The number of ether oxygens (including phenoxy) is 2. The van der Waals surface area contributed by atoms with E-state index in [0.29, 0.717) is 38.3 Å². The highest BCUT2D eigenvalue weighted by Crippen LogP contribution is 2.32. The fourth-order valence-corrected chi connectivity index (χ4v) is 3.22. The minimum atomic E-state index is -0.934. The maximum atomic E-state index is 14.4. The summed E-state index contributed by atoms with van der Waals surface area (Å²) < 4.78 is 25.1. The lowest BCUT2D eigenvalue weighted by Gasteiger charge is -2.45. The Balaban J connectivity index is 1.77. The molecule has 0 aromatic heterocycles. The molecule has 128 valence electrons. The highest BCUT2D eigenvalue weighted by molar-refractivity contribution is 5.65. The maximum Gasteiger partial charge on any atom is 0.407 e. The molecule has 2 heterocycles. The molecular weight excluding hydrogens is 317 g/mol. The van der Waals surface area contributed by atoms with Crippen molar-refractivity contribution in [3.63, 3.8) is 0 Å². The van der Waals surface area contributed by atoms with Crippen molar-refractivity contribution in [2.75, 3.05) is 39.9 Å². The standard InChI is InChI=1S/C16H18FN3O4/c1-23-14-5-13(17)12(4-10(14)6-18)15-8-19-2-3-20(16(21)22)7-11(19)9-24-15/h4-5,11,15H,2-3,7-9H2,1H3,(H,21,22)/t11-,15-/m1/s1. The van der Waals surface area contributed by atoms with Gasteiger partial charge in [0.2, 0.25) is 0 Å². The van der Waals surface area contributed by atoms with E-state index in [2.05, 4.69) is 4.90 Å². The van der Waals surface area contributed by atoms with Gasteiger partial charge in [0.05, 0.1) is 31.4 Å². The first-order chi connectivity index (χ1) is 11.5. The molecule has 3 rings (SSSR count). The molecule has 1 aromatic carbocycles. The zero-order valence-corrected chi connectivity index (χ0v) is 13.2. The monoisotopic (exact) mass is 335 g/mol. The Kier molecular flexibility index (Phi) is 4.55. The number of carbonyl (C=O) groups is 1. The minimum Gasteiger partial charge on any atom is -0.495 e. The Morgan fingerprint density at radius 2 is 2.25 bits per heavy atom. The van der Waals surface area contributed by atoms with Crippen molar-refractivity contribution in [2.24, 2.45) is 0 Å². The Morgan fingerprint density at radius 1 is 1.46 bits per heavy atom. The van der Waals surface area contributed by atoms with E-state index in [-0.39, 0.29) is 17.4 Å². The van der Waals surface area contributed by atoms with Gasteiger partial charge in [-0.25, -0.2) is 9.18 Å². The second-order valence-electron chi connectivity index (χ2n) is 5.89. The molecule has 0 bridgehead atoms. The molecule has 7 nitrogen and oxygen atoms in total. The molecule has 0 spiro atoms. The van der Waals surface area contributed by atoms with Crippen LogP contribution in [0.25, 0.3) is 0 Å². The number of fused-ring (bicyclic) bond motifs is 1. The van der Waals surface area contributed by atoms with E-state index in [1.807, 2.05) is 6.07 Å². The summed E-state index contributed by atoms with van der Waals surface area (Å²) in [5, 5.41) is 18.2. The molecule has 0 radical (unpaired) electrons. The van der Waals surface area contributed by atoms with Crippen molar-refractivity contribution in [1.29, 1.82) is 5.26 Å². The van der Waals surface area contributed by atoms with Crippen LogP contribution in [0.3, 0.4) is 0 Å². The molecule has 2 fully saturated rings. The first kappa shape index (κ1) is 16.5. The summed E-state index contributed by atoms with van der Waals surface area (Å²) in [6.07, 6.45) is -1.42. The molecule has 2 aliphatic rings. The van der Waals surface area contributed by atoms with Gasteiger partial charge in [-0.2, -0.15) is 5.26 Å². The van der Waals surface area contributed by atoms with E-state index in [1.54, 1.807) is 0 Å². The molecular formula is C16H18FN3O4. The van der Waals surface area contributed by atoms with Crippen molar-refractivity contribution in [3.8, 4) is 11.8 Å². The first-order valence-corrected chi connectivity index (χ1v) is 7.64. The summed E-state index contributed by atoms with van der Waals surface area (Å²) in [6.45, 7) is 2.18. The third-order valence-corrected chi connectivity index (χ3v) is 4.55. The lowest BCUT2D eigenvalue weighted by Crippen LogP contribution is -2.59. The summed E-state index contributed by atoms with van der Waals surface area (Å²) >= 11 is 0. The SMILES string of the molecule is COc1cc(F)c([C@H]2CN3CCN(C(=O)O)C[C@@H]3CO2)cc1C#N. The third-order valence-electron chi connectivity index (χ3n) is 4.55. The van der Waals surface area contributed by atoms with Crippen LogP contribution in [-0.2, 0) is 4.74 Å². The Hall–Kier alpha value is -2.37. The number of hydrogen-bond acceptors (Lipinski definition) is 5. The average Bonchev–Trinajstić information content (AvgIpc) is 2.60. The average molecular weight is 335 g/mol. The Bertz CT molecular complexity index is 691. The lowest BCUT2D eigenvalue weighted by molar-refractivity contribution is -0.0876. The molecule has 24 heavy (non-hydrogen) atoms. The van der Waals surface area contributed by atoms with Crippen molar-refractivity contribution in [2.45, 2.75) is 12.1 Å². The van der Waals surface area contributed by atoms with Crippen LogP contribution in [0.1, 0.15) is 17.2 Å². The first-order valence-electron chi connectivity index (χ1n) is 7.64. The number of hydrogen-bond donors (Lipinski definition) is 1. The van der Waals surface area contributed by atoms with Crippen molar-refractivity contribution in [3.05, 3.63) is 29.1 Å². The zero-order valence-electron chi connectivity index (χ0n) is 13.2. The van der Waals surface area contributed by atoms with Crippen LogP contribution >= 0.6 is 0 Å². The van der Waals surface area contributed by atoms with Gasteiger partial charge >= 0.3 is 6.09 Å². The molecule has 2 saturated heterocycles. The van der Waals surface area contributed by atoms with Crippen LogP contribution in [-0.4, -0.2) is 66.9 Å². The predicted molar refractivity (Wildman–Crippen MR) is 81.3 cm³/mol. The maximum absolute atomic E-state index is 14.4. The number of halogens is 1. The number of nitrogens with zero attached hydrogens (tertiary/aromatic N) is 3. The highest BCUT2D eigenvalue weighted by atomic mass is 19.1. The van der Waals surface area contributed by atoms with Gasteiger partial charge in [-0.05, 0) is 6.07 Å². The number of carboxylic acid groups (broad SMARTS) is 1. The predicted octanol–water partition coefficient (Wildman–Crippen LogP) is 1.44. The van der Waals surface area contributed by atoms with Gasteiger partial charge in [0.1, 0.15) is 17.6 Å². The number of morpholine rings is 1. The number of rotatable bonds is 2.